The fraction of sp³-hybridized carbons (Fsp3) is 0. The Morgan fingerprint density at radius 1 is 0.909 bits per heavy atom. The molecule has 22 heavy (non-hydrogen) atoms. The van der Waals surface area contributed by atoms with Gasteiger partial charge in [0.1, 0.15) is 5.75 Å². The molecule has 0 amide bonds. The largest absolute Gasteiger partial charge is 0.508 e. The fourth-order valence-electron chi connectivity index (χ4n) is 1.27. The Kier molecular flexibility index (Phi) is 7.16. The van der Waals surface area contributed by atoms with E-state index < -0.39 is 9.85 Å². The van der Waals surface area contributed by atoms with Gasteiger partial charge < -0.3 is 5.11 Å². The molecular formula is C12H7Br2IN2O5. The maximum Gasteiger partial charge on any atom is 0.287 e. The monoisotopic (exact) mass is 544 g/mol. The first-order valence-electron chi connectivity index (χ1n) is 5.44. The highest BCUT2D eigenvalue weighted by Gasteiger charge is 2.11. The minimum Gasteiger partial charge on any atom is -0.508 e. The van der Waals surface area contributed by atoms with Crippen molar-refractivity contribution in [2.24, 2.45) is 0 Å². The molecule has 0 bridgehead atoms. The van der Waals surface area contributed by atoms with Crippen LogP contribution in [0.3, 0.4) is 0 Å². The van der Waals surface area contributed by atoms with Crippen molar-refractivity contribution < 1.29 is 15.0 Å². The highest BCUT2D eigenvalue weighted by molar-refractivity contribution is 14.1. The molecule has 10 heteroatoms. The lowest BCUT2D eigenvalue weighted by Gasteiger charge is -1.94. The van der Waals surface area contributed by atoms with Crippen LogP contribution < -0.4 is 0 Å². The summed E-state index contributed by atoms with van der Waals surface area (Å²) < 4.78 is 1.74. The third kappa shape index (κ3) is 5.50. The van der Waals surface area contributed by atoms with Crippen LogP contribution in [0.5, 0.6) is 5.75 Å². The van der Waals surface area contributed by atoms with E-state index in [-0.39, 0.29) is 17.1 Å². The smallest absolute Gasteiger partial charge is 0.287 e. The number of benzene rings is 2. The van der Waals surface area contributed by atoms with E-state index in [0.29, 0.717) is 8.95 Å². The maximum absolute atomic E-state index is 10.3. The van der Waals surface area contributed by atoms with Crippen LogP contribution >= 0.6 is 54.5 Å². The van der Waals surface area contributed by atoms with E-state index in [1.54, 1.807) is 12.1 Å². The van der Waals surface area contributed by atoms with E-state index in [2.05, 4.69) is 31.9 Å². The van der Waals surface area contributed by atoms with Gasteiger partial charge in [0, 0.05) is 9.64 Å². The average Bonchev–Trinajstić information content (AvgIpc) is 2.44. The Morgan fingerprint density at radius 2 is 1.36 bits per heavy atom. The van der Waals surface area contributed by atoms with Gasteiger partial charge in [-0.15, -0.1) is 0 Å². The second kappa shape index (κ2) is 8.39. The number of nitro benzene ring substituents is 2. The molecule has 0 aromatic heterocycles. The van der Waals surface area contributed by atoms with Crippen LogP contribution in [-0.4, -0.2) is 15.0 Å². The third-order valence-corrected chi connectivity index (χ3v) is 4.24. The summed E-state index contributed by atoms with van der Waals surface area (Å²) in [5, 5.41) is 29.4. The highest BCUT2D eigenvalue weighted by atomic mass is 127. The average molecular weight is 546 g/mol. The molecule has 116 valence electrons. The van der Waals surface area contributed by atoms with Gasteiger partial charge >= 0.3 is 0 Å². The van der Waals surface area contributed by atoms with E-state index in [4.69, 9.17) is 5.11 Å². The second-order valence-electron chi connectivity index (χ2n) is 3.75. The number of nitrogens with zero attached hydrogens (tertiary/aromatic N) is 2. The van der Waals surface area contributed by atoms with Crippen molar-refractivity contribution >= 4 is 65.8 Å². The van der Waals surface area contributed by atoms with Crippen LogP contribution in [0, 0.1) is 23.8 Å². The molecule has 0 saturated heterocycles. The van der Waals surface area contributed by atoms with Crippen LogP contribution in [0.15, 0.2) is 45.3 Å². The van der Waals surface area contributed by atoms with E-state index in [9.17, 15) is 20.2 Å². The first-order valence-corrected chi connectivity index (χ1v) is 8.11. The second-order valence-corrected chi connectivity index (χ2v) is 6.70. The minimum atomic E-state index is -0.566. The summed E-state index contributed by atoms with van der Waals surface area (Å²) in [6.45, 7) is 0. The number of phenolic OH excluding ortho intramolecular Hbond substituents is 1. The van der Waals surface area contributed by atoms with Crippen LogP contribution in [-0.2, 0) is 0 Å². The summed E-state index contributed by atoms with van der Waals surface area (Å²) >= 11 is 8.09. The third-order valence-electron chi connectivity index (χ3n) is 2.23. The molecule has 2 rings (SSSR count). The number of hydrogen-bond acceptors (Lipinski definition) is 5. The SMILES string of the molecule is O=[N+]([O-])c1cc(I)ccc1Br.O=[N+]([O-])c1cc(O)ccc1Br. The number of rotatable bonds is 2. The number of halogens is 3. The zero-order valence-electron chi connectivity index (χ0n) is 10.6. The van der Waals surface area contributed by atoms with Crippen LogP contribution in [0.4, 0.5) is 11.4 Å². The Hall–Kier alpha value is -1.27. The number of aromatic hydroxyl groups is 1. The predicted octanol–water partition coefficient (Wildman–Crippen LogP) is 5.02. The summed E-state index contributed by atoms with van der Waals surface area (Å²) in [4.78, 5) is 19.6. The van der Waals surface area contributed by atoms with Crippen LogP contribution in [0.1, 0.15) is 0 Å². The van der Waals surface area contributed by atoms with Crippen molar-refractivity contribution in [2.45, 2.75) is 0 Å². The zero-order chi connectivity index (χ0) is 16.9. The molecule has 0 unspecified atom stereocenters. The number of phenols is 1. The molecule has 0 atom stereocenters. The normalized spacial score (nSPS) is 9.59. The summed E-state index contributed by atoms with van der Waals surface area (Å²) in [6.07, 6.45) is 0. The molecule has 0 saturated carbocycles. The molecule has 0 aliphatic heterocycles. The van der Waals surface area contributed by atoms with Gasteiger partial charge in [0.25, 0.3) is 11.4 Å². The molecule has 0 radical (unpaired) electrons. The van der Waals surface area contributed by atoms with Gasteiger partial charge in [-0.3, -0.25) is 20.2 Å². The first kappa shape index (κ1) is 18.8. The van der Waals surface area contributed by atoms with Gasteiger partial charge in [-0.25, -0.2) is 0 Å². The molecule has 7 nitrogen and oxygen atoms in total. The Morgan fingerprint density at radius 3 is 1.77 bits per heavy atom. The molecule has 2 aromatic rings. The lowest BCUT2D eigenvalue weighted by atomic mass is 10.3. The van der Waals surface area contributed by atoms with Gasteiger partial charge in [-0.2, -0.15) is 0 Å². The molecule has 0 aliphatic rings. The minimum absolute atomic E-state index is 0.108. The standard InChI is InChI=1S/C6H3BrINO2.C6H4BrNO3/c7-5-2-1-4(8)3-6(5)9(10)11;7-5-2-1-4(9)3-6(5)8(10)11/h1-3H;1-3,9H. The van der Waals surface area contributed by atoms with E-state index in [0.717, 1.165) is 9.64 Å². The molecule has 2 aromatic carbocycles. The van der Waals surface area contributed by atoms with Crippen molar-refractivity contribution in [3.05, 3.63) is 69.1 Å². The van der Waals surface area contributed by atoms with Crippen molar-refractivity contribution in [2.75, 3.05) is 0 Å². The molecular weight excluding hydrogens is 539 g/mol. The topological polar surface area (TPSA) is 107 Å². The lowest BCUT2D eigenvalue weighted by Crippen LogP contribution is -1.89. The quantitative estimate of drug-likeness (QED) is 0.324. The fourth-order valence-corrected chi connectivity index (χ4v) is 2.52. The molecule has 0 fully saturated rings. The van der Waals surface area contributed by atoms with Crippen LogP contribution in [0.2, 0.25) is 0 Å². The van der Waals surface area contributed by atoms with Crippen molar-refractivity contribution in [1.82, 2.24) is 0 Å². The molecule has 0 heterocycles. The molecule has 0 aliphatic carbocycles. The number of hydrogen-bond donors (Lipinski definition) is 1. The zero-order valence-corrected chi connectivity index (χ0v) is 15.9. The van der Waals surface area contributed by atoms with Gasteiger partial charge in [-0.1, -0.05) is 0 Å². The predicted molar refractivity (Wildman–Crippen MR) is 96.0 cm³/mol. The van der Waals surface area contributed by atoms with E-state index >= 15 is 0 Å². The van der Waals surface area contributed by atoms with Crippen LogP contribution in [0.25, 0.3) is 0 Å². The van der Waals surface area contributed by atoms with Crippen molar-refractivity contribution in [3.8, 4) is 5.75 Å². The summed E-state index contributed by atoms with van der Waals surface area (Å²) in [6, 6.07) is 8.87. The highest BCUT2D eigenvalue weighted by Crippen LogP contribution is 2.28. The Balaban J connectivity index is 0.000000220. The summed E-state index contributed by atoms with van der Waals surface area (Å²) in [5.41, 5.74) is -0.0260. The summed E-state index contributed by atoms with van der Waals surface area (Å²) in [5.74, 6) is -0.111. The van der Waals surface area contributed by atoms with Gasteiger partial charge in [0.2, 0.25) is 0 Å². The molecule has 0 spiro atoms. The van der Waals surface area contributed by atoms with Crippen molar-refractivity contribution in [1.29, 1.82) is 0 Å². The summed E-state index contributed by atoms with van der Waals surface area (Å²) in [7, 11) is 0. The maximum atomic E-state index is 10.3. The van der Waals surface area contributed by atoms with Gasteiger partial charge in [0.15, 0.2) is 0 Å². The van der Waals surface area contributed by atoms with Crippen molar-refractivity contribution in [3.63, 3.8) is 0 Å². The van der Waals surface area contributed by atoms with E-state index in [1.807, 2.05) is 22.6 Å². The van der Waals surface area contributed by atoms with Gasteiger partial charge in [-0.05, 0) is 78.7 Å². The Labute approximate surface area is 155 Å². The first-order chi connectivity index (χ1) is 10.2. The Bertz CT molecular complexity index is 665. The van der Waals surface area contributed by atoms with Gasteiger partial charge in [0.05, 0.1) is 24.9 Å². The van der Waals surface area contributed by atoms with E-state index in [1.165, 1.54) is 18.2 Å². The number of nitro groups is 2. The lowest BCUT2D eigenvalue weighted by molar-refractivity contribution is -0.385. The molecule has 1 N–H and O–H groups in total.